The Labute approximate surface area is 170 Å². The van der Waals surface area contributed by atoms with Gasteiger partial charge in [-0.2, -0.15) is 0 Å². The molecule has 0 aliphatic rings. The molecule has 26 heavy (non-hydrogen) atoms. The molecule has 142 valence electrons. The molecule has 0 radical (unpaired) electrons. The van der Waals surface area contributed by atoms with E-state index in [1.165, 1.54) is 23.1 Å². The predicted molar refractivity (Wildman–Crippen MR) is 111 cm³/mol. The number of halogens is 1. The van der Waals surface area contributed by atoms with Crippen molar-refractivity contribution >= 4 is 50.1 Å². The molecule has 0 unspecified atom stereocenters. The summed E-state index contributed by atoms with van der Waals surface area (Å²) in [5.41, 5.74) is 0. The summed E-state index contributed by atoms with van der Waals surface area (Å²) in [6, 6.07) is 7.63. The lowest BCUT2D eigenvalue weighted by molar-refractivity contribution is -0.127. The number of carbonyl (C=O) groups is 1. The average Bonchev–Trinajstić information content (AvgIpc) is 3.09. The van der Waals surface area contributed by atoms with E-state index in [0.29, 0.717) is 18.9 Å². The van der Waals surface area contributed by atoms with E-state index in [0.717, 1.165) is 39.1 Å². The molecule has 0 spiro atoms. The van der Waals surface area contributed by atoms with Crippen LogP contribution in [0, 0.1) is 0 Å². The van der Waals surface area contributed by atoms with Gasteiger partial charge in [0.25, 0.3) is 0 Å². The number of nitrogens with one attached hydrogen (secondary N) is 1. The third-order valence-corrected chi connectivity index (χ3v) is 5.99. The zero-order chi connectivity index (χ0) is 18.8. The first-order valence-electron chi connectivity index (χ1n) is 8.41. The second-order valence-electron chi connectivity index (χ2n) is 5.56. The van der Waals surface area contributed by atoms with E-state index in [2.05, 4.69) is 38.4 Å². The molecule has 0 saturated heterocycles. The summed E-state index contributed by atoms with van der Waals surface area (Å²) in [6.45, 7) is 4.04. The number of rotatable bonds is 11. The molecule has 0 bridgehead atoms. The molecule has 0 aliphatic heterocycles. The number of carbonyl (C=O) groups excluding carboxylic acids is 1. The number of thioether (sulfide) groups is 1. The minimum atomic E-state index is 0.0464. The van der Waals surface area contributed by atoms with Crippen LogP contribution in [0.1, 0.15) is 19.8 Å². The Kier molecular flexibility index (Phi) is 9.21. The number of likely N-dealkylation sites (N-methyl/N-ethyl adjacent to an activating group) is 1. The van der Waals surface area contributed by atoms with Crippen LogP contribution in [0.4, 0.5) is 5.13 Å². The highest BCUT2D eigenvalue weighted by atomic mass is 79.9. The molecule has 1 N–H and O–H groups in total. The molecule has 2 rings (SSSR count). The highest BCUT2D eigenvalue weighted by Crippen LogP contribution is 2.25. The van der Waals surface area contributed by atoms with Crippen LogP contribution >= 0.6 is 39.0 Å². The van der Waals surface area contributed by atoms with Crippen molar-refractivity contribution in [1.82, 2.24) is 15.1 Å². The Balaban J connectivity index is 1.66. The highest BCUT2D eigenvalue weighted by molar-refractivity contribution is 9.10. The van der Waals surface area contributed by atoms with Gasteiger partial charge in [0.15, 0.2) is 4.34 Å². The molecule has 1 amide bonds. The van der Waals surface area contributed by atoms with Gasteiger partial charge >= 0.3 is 0 Å². The lowest BCUT2D eigenvalue weighted by Crippen LogP contribution is -2.32. The van der Waals surface area contributed by atoms with Crippen LogP contribution in [0.25, 0.3) is 0 Å². The maximum atomic E-state index is 12.2. The topological polar surface area (TPSA) is 67.4 Å². The van der Waals surface area contributed by atoms with E-state index in [9.17, 15) is 4.79 Å². The Morgan fingerprint density at radius 1 is 1.35 bits per heavy atom. The normalized spacial score (nSPS) is 10.6. The Bertz CT molecular complexity index is 682. The Morgan fingerprint density at radius 3 is 2.85 bits per heavy atom. The van der Waals surface area contributed by atoms with Gasteiger partial charge in [0.1, 0.15) is 12.4 Å². The number of aromatic nitrogens is 2. The molecule has 9 heteroatoms. The molecule has 0 fully saturated rings. The number of hydrogen-bond donors (Lipinski definition) is 1. The van der Waals surface area contributed by atoms with E-state index < -0.39 is 0 Å². The van der Waals surface area contributed by atoms with Crippen molar-refractivity contribution in [3.05, 3.63) is 28.7 Å². The fourth-order valence-electron chi connectivity index (χ4n) is 1.90. The summed E-state index contributed by atoms with van der Waals surface area (Å²) in [6.07, 6.45) is 2.24. The summed E-state index contributed by atoms with van der Waals surface area (Å²) < 4.78 is 7.46. The Morgan fingerprint density at radius 2 is 2.12 bits per heavy atom. The first-order valence-corrected chi connectivity index (χ1v) is 11.0. The fourth-order valence-corrected chi connectivity index (χ4v) is 3.88. The zero-order valence-electron chi connectivity index (χ0n) is 14.9. The molecular weight excluding hydrogens is 436 g/mol. The summed E-state index contributed by atoms with van der Waals surface area (Å²) in [7, 11) is 1.78. The number of hydrogen-bond acceptors (Lipinski definition) is 7. The molecule has 2 aromatic rings. The average molecular weight is 459 g/mol. The highest BCUT2D eigenvalue weighted by Gasteiger charge is 2.12. The standard InChI is InChI=1S/C17H23BrN4O2S2/c1-3-4-9-19-16-20-21-17(26-16)25-12-15(23)22(2)10-11-24-14-7-5-13(18)6-8-14/h5-8H,3-4,9-12H2,1-2H3,(H,19,20). The smallest absolute Gasteiger partial charge is 0.232 e. The molecular formula is C17H23BrN4O2S2. The number of nitrogens with zero attached hydrogens (tertiary/aromatic N) is 3. The van der Waals surface area contributed by atoms with Crippen molar-refractivity contribution in [1.29, 1.82) is 0 Å². The SMILES string of the molecule is CCCCNc1nnc(SCC(=O)N(C)CCOc2ccc(Br)cc2)s1. The van der Waals surface area contributed by atoms with Gasteiger partial charge in [0, 0.05) is 18.1 Å². The first-order chi connectivity index (χ1) is 12.6. The third-order valence-electron chi connectivity index (χ3n) is 3.47. The van der Waals surface area contributed by atoms with E-state index in [1.54, 1.807) is 11.9 Å². The zero-order valence-corrected chi connectivity index (χ0v) is 18.1. The summed E-state index contributed by atoms with van der Waals surface area (Å²) >= 11 is 6.29. The molecule has 0 aliphatic carbocycles. The molecule has 1 heterocycles. The van der Waals surface area contributed by atoms with Crippen LogP contribution in [0.2, 0.25) is 0 Å². The van der Waals surface area contributed by atoms with Crippen LogP contribution < -0.4 is 10.1 Å². The van der Waals surface area contributed by atoms with Gasteiger partial charge in [-0.15, -0.1) is 10.2 Å². The van der Waals surface area contributed by atoms with Crippen LogP contribution in [0.3, 0.4) is 0 Å². The van der Waals surface area contributed by atoms with E-state index in [4.69, 9.17) is 4.74 Å². The fraction of sp³-hybridized carbons (Fsp3) is 0.471. The van der Waals surface area contributed by atoms with Gasteiger partial charge in [-0.3, -0.25) is 4.79 Å². The van der Waals surface area contributed by atoms with Crippen molar-refractivity contribution in [2.75, 3.05) is 37.8 Å². The van der Waals surface area contributed by atoms with Crippen LogP contribution in [0.5, 0.6) is 5.75 Å². The Hall–Kier alpha value is -1.32. The maximum Gasteiger partial charge on any atom is 0.232 e. The number of benzene rings is 1. The third kappa shape index (κ3) is 7.51. The quantitative estimate of drug-likeness (QED) is 0.403. The van der Waals surface area contributed by atoms with Crippen LogP contribution in [0.15, 0.2) is 33.1 Å². The lowest BCUT2D eigenvalue weighted by Gasteiger charge is -2.17. The molecule has 1 aromatic heterocycles. The van der Waals surface area contributed by atoms with Gasteiger partial charge < -0.3 is 15.0 Å². The molecule has 0 atom stereocenters. The van der Waals surface area contributed by atoms with E-state index in [1.807, 2.05) is 24.3 Å². The second kappa shape index (κ2) is 11.4. The minimum Gasteiger partial charge on any atom is -0.492 e. The summed E-state index contributed by atoms with van der Waals surface area (Å²) in [4.78, 5) is 13.9. The van der Waals surface area contributed by atoms with Crippen molar-refractivity contribution in [2.24, 2.45) is 0 Å². The number of amides is 1. The van der Waals surface area contributed by atoms with Gasteiger partial charge in [-0.05, 0) is 30.7 Å². The number of ether oxygens (including phenoxy) is 1. The molecule has 1 aromatic carbocycles. The van der Waals surface area contributed by atoms with E-state index >= 15 is 0 Å². The van der Waals surface area contributed by atoms with Crippen molar-refractivity contribution in [3.63, 3.8) is 0 Å². The minimum absolute atomic E-state index is 0.0464. The summed E-state index contributed by atoms with van der Waals surface area (Å²) in [5.74, 6) is 1.18. The number of unbranched alkanes of at least 4 members (excludes halogenated alkanes) is 1. The van der Waals surface area contributed by atoms with Crippen LogP contribution in [-0.4, -0.2) is 53.5 Å². The van der Waals surface area contributed by atoms with Crippen molar-refractivity contribution in [3.8, 4) is 5.75 Å². The van der Waals surface area contributed by atoms with Gasteiger partial charge in [-0.25, -0.2) is 0 Å². The van der Waals surface area contributed by atoms with Gasteiger partial charge in [0.05, 0.1) is 12.3 Å². The van der Waals surface area contributed by atoms with Crippen molar-refractivity contribution < 1.29 is 9.53 Å². The van der Waals surface area contributed by atoms with Crippen molar-refractivity contribution in [2.45, 2.75) is 24.1 Å². The van der Waals surface area contributed by atoms with Gasteiger partial charge in [-0.1, -0.05) is 52.4 Å². The largest absolute Gasteiger partial charge is 0.492 e. The second-order valence-corrected chi connectivity index (χ2v) is 8.68. The van der Waals surface area contributed by atoms with Crippen LogP contribution in [-0.2, 0) is 4.79 Å². The molecule has 6 nitrogen and oxygen atoms in total. The lowest BCUT2D eigenvalue weighted by atomic mass is 10.3. The monoisotopic (exact) mass is 458 g/mol. The number of anilines is 1. The summed E-state index contributed by atoms with van der Waals surface area (Å²) in [5, 5.41) is 12.2. The molecule has 0 saturated carbocycles. The van der Waals surface area contributed by atoms with E-state index in [-0.39, 0.29) is 5.91 Å². The maximum absolute atomic E-state index is 12.2. The van der Waals surface area contributed by atoms with Gasteiger partial charge in [0.2, 0.25) is 11.0 Å². The first kappa shape index (κ1) is 21.0. The predicted octanol–water partition coefficient (Wildman–Crippen LogP) is 4.14.